The lowest BCUT2D eigenvalue weighted by Crippen LogP contribution is -2.21. The molecule has 0 spiro atoms. The Morgan fingerprint density at radius 1 is 1.32 bits per heavy atom. The summed E-state index contributed by atoms with van der Waals surface area (Å²) in [6.07, 6.45) is -0.549. The standard InChI is InChI=1S/C15H16N2OS/c1-11-9-19-10-14(11)7-17-8-15(18)13-4-2-12(6-16)3-5-13/h2-5,9-10,15,17-18H,7-8H2,1H3. The number of benzene rings is 1. The Kier molecular flexibility index (Phi) is 4.69. The van der Waals surface area contributed by atoms with E-state index in [-0.39, 0.29) is 0 Å². The van der Waals surface area contributed by atoms with Crippen LogP contribution >= 0.6 is 11.3 Å². The van der Waals surface area contributed by atoms with E-state index in [0.717, 1.165) is 12.1 Å². The van der Waals surface area contributed by atoms with Crippen molar-refractivity contribution in [3.8, 4) is 6.07 Å². The molecule has 0 aliphatic rings. The van der Waals surface area contributed by atoms with E-state index in [4.69, 9.17) is 5.26 Å². The fourth-order valence-electron chi connectivity index (χ4n) is 1.81. The summed E-state index contributed by atoms with van der Waals surface area (Å²) in [5, 5.41) is 26.2. The molecule has 0 radical (unpaired) electrons. The number of hydrogen-bond donors (Lipinski definition) is 2. The molecule has 1 heterocycles. The molecule has 4 heteroatoms. The third-order valence-corrected chi connectivity index (χ3v) is 3.95. The van der Waals surface area contributed by atoms with Crippen LogP contribution in [0.4, 0.5) is 0 Å². The third-order valence-electron chi connectivity index (χ3n) is 3.04. The number of aliphatic hydroxyl groups is 1. The second kappa shape index (κ2) is 6.48. The molecule has 2 N–H and O–H groups in total. The molecular weight excluding hydrogens is 256 g/mol. The predicted octanol–water partition coefficient (Wildman–Crippen LogP) is 2.75. The lowest BCUT2D eigenvalue weighted by Gasteiger charge is -2.12. The molecule has 0 aliphatic heterocycles. The van der Waals surface area contributed by atoms with Crippen molar-refractivity contribution in [3.63, 3.8) is 0 Å². The summed E-state index contributed by atoms with van der Waals surface area (Å²) in [6, 6.07) is 9.10. The fraction of sp³-hybridized carbons (Fsp3) is 0.267. The van der Waals surface area contributed by atoms with E-state index in [1.807, 2.05) is 0 Å². The highest BCUT2D eigenvalue weighted by atomic mass is 32.1. The van der Waals surface area contributed by atoms with Gasteiger partial charge in [-0.1, -0.05) is 12.1 Å². The molecule has 98 valence electrons. The van der Waals surface area contributed by atoms with Gasteiger partial charge >= 0.3 is 0 Å². The van der Waals surface area contributed by atoms with Gasteiger partial charge in [0.25, 0.3) is 0 Å². The maximum Gasteiger partial charge on any atom is 0.0991 e. The number of rotatable bonds is 5. The van der Waals surface area contributed by atoms with Crippen LogP contribution in [0.3, 0.4) is 0 Å². The summed E-state index contributed by atoms with van der Waals surface area (Å²) in [7, 11) is 0. The molecule has 0 aliphatic carbocycles. The number of nitrogens with zero attached hydrogens (tertiary/aromatic N) is 1. The summed E-state index contributed by atoms with van der Waals surface area (Å²) in [4.78, 5) is 0. The van der Waals surface area contributed by atoms with Crippen molar-refractivity contribution in [3.05, 3.63) is 57.3 Å². The van der Waals surface area contributed by atoms with Gasteiger partial charge in [-0.3, -0.25) is 0 Å². The third kappa shape index (κ3) is 3.65. The average Bonchev–Trinajstić information content (AvgIpc) is 2.84. The minimum Gasteiger partial charge on any atom is -0.387 e. The second-order valence-electron chi connectivity index (χ2n) is 4.46. The Morgan fingerprint density at radius 2 is 2.05 bits per heavy atom. The van der Waals surface area contributed by atoms with Crippen LogP contribution in [0.2, 0.25) is 0 Å². The molecule has 1 aromatic heterocycles. The van der Waals surface area contributed by atoms with Crippen LogP contribution in [0.1, 0.15) is 28.4 Å². The molecule has 0 saturated carbocycles. The lowest BCUT2D eigenvalue weighted by atomic mass is 10.1. The van der Waals surface area contributed by atoms with Crippen molar-refractivity contribution >= 4 is 11.3 Å². The summed E-state index contributed by atoms with van der Waals surface area (Å²) in [5.41, 5.74) is 3.99. The quantitative estimate of drug-likeness (QED) is 0.880. The molecule has 0 saturated heterocycles. The molecule has 3 nitrogen and oxygen atoms in total. The van der Waals surface area contributed by atoms with Gasteiger partial charge in [0.2, 0.25) is 0 Å². The lowest BCUT2D eigenvalue weighted by molar-refractivity contribution is 0.174. The molecule has 2 aromatic rings. The van der Waals surface area contributed by atoms with Crippen LogP contribution in [0.25, 0.3) is 0 Å². The van der Waals surface area contributed by atoms with Crippen LogP contribution in [0, 0.1) is 18.3 Å². The molecule has 1 unspecified atom stereocenters. The zero-order chi connectivity index (χ0) is 13.7. The molecule has 0 bridgehead atoms. The van der Waals surface area contributed by atoms with Gasteiger partial charge in [-0.15, -0.1) is 0 Å². The number of nitrogens with one attached hydrogen (secondary N) is 1. The van der Waals surface area contributed by atoms with Gasteiger partial charge in [-0.25, -0.2) is 0 Å². The van der Waals surface area contributed by atoms with Crippen LogP contribution < -0.4 is 5.32 Å². The SMILES string of the molecule is Cc1cscc1CNCC(O)c1ccc(C#N)cc1. The molecule has 19 heavy (non-hydrogen) atoms. The molecule has 2 rings (SSSR count). The fourth-order valence-corrected chi connectivity index (χ4v) is 2.67. The Balaban J connectivity index is 1.85. The van der Waals surface area contributed by atoms with Crippen LogP contribution in [-0.2, 0) is 6.54 Å². The van der Waals surface area contributed by atoms with E-state index < -0.39 is 6.10 Å². The van der Waals surface area contributed by atoms with Crippen molar-refractivity contribution in [2.45, 2.75) is 19.6 Å². The summed E-state index contributed by atoms with van der Waals surface area (Å²) < 4.78 is 0. The number of hydrogen-bond acceptors (Lipinski definition) is 4. The molecule has 0 amide bonds. The van der Waals surface area contributed by atoms with Crippen molar-refractivity contribution in [1.29, 1.82) is 5.26 Å². The zero-order valence-corrected chi connectivity index (χ0v) is 11.6. The maximum atomic E-state index is 10.0. The Morgan fingerprint density at radius 3 is 2.63 bits per heavy atom. The Labute approximate surface area is 117 Å². The molecule has 1 atom stereocenters. The second-order valence-corrected chi connectivity index (χ2v) is 5.20. The predicted molar refractivity (Wildman–Crippen MR) is 76.9 cm³/mol. The number of aryl methyl sites for hydroxylation is 1. The zero-order valence-electron chi connectivity index (χ0n) is 10.8. The first kappa shape index (κ1) is 13.8. The maximum absolute atomic E-state index is 10.0. The minimum atomic E-state index is -0.549. The minimum absolute atomic E-state index is 0.501. The number of aliphatic hydroxyl groups excluding tert-OH is 1. The van der Waals surface area contributed by atoms with Crippen LogP contribution in [0.15, 0.2) is 35.0 Å². The van der Waals surface area contributed by atoms with Gasteiger partial charge in [-0.2, -0.15) is 16.6 Å². The first-order chi connectivity index (χ1) is 9.20. The van der Waals surface area contributed by atoms with Gasteiger partial charge < -0.3 is 10.4 Å². The van der Waals surface area contributed by atoms with Gasteiger partial charge in [-0.05, 0) is 46.5 Å². The highest BCUT2D eigenvalue weighted by molar-refractivity contribution is 7.08. The monoisotopic (exact) mass is 272 g/mol. The van der Waals surface area contributed by atoms with Crippen molar-refractivity contribution in [2.24, 2.45) is 0 Å². The normalized spacial score (nSPS) is 12.1. The van der Waals surface area contributed by atoms with E-state index >= 15 is 0 Å². The first-order valence-electron chi connectivity index (χ1n) is 6.11. The number of thiophene rings is 1. The highest BCUT2D eigenvalue weighted by Crippen LogP contribution is 2.15. The Bertz CT molecular complexity index is 569. The van der Waals surface area contributed by atoms with Gasteiger partial charge in [0.15, 0.2) is 0 Å². The van der Waals surface area contributed by atoms with E-state index in [9.17, 15) is 5.11 Å². The first-order valence-corrected chi connectivity index (χ1v) is 7.05. The molecular formula is C15H16N2OS. The van der Waals surface area contributed by atoms with Crippen LogP contribution in [-0.4, -0.2) is 11.7 Å². The summed E-state index contributed by atoms with van der Waals surface area (Å²) in [6.45, 7) is 3.36. The van der Waals surface area contributed by atoms with Gasteiger partial charge in [0.1, 0.15) is 0 Å². The van der Waals surface area contributed by atoms with Gasteiger partial charge in [0.05, 0.1) is 17.7 Å². The van der Waals surface area contributed by atoms with E-state index in [1.165, 1.54) is 11.1 Å². The largest absolute Gasteiger partial charge is 0.387 e. The van der Waals surface area contributed by atoms with E-state index in [0.29, 0.717) is 12.1 Å². The average molecular weight is 272 g/mol. The van der Waals surface area contributed by atoms with Crippen molar-refractivity contribution in [2.75, 3.05) is 6.54 Å². The van der Waals surface area contributed by atoms with Crippen molar-refractivity contribution < 1.29 is 5.11 Å². The smallest absolute Gasteiger partial charge is 0.0991 e. The molecule has 0 fully saturated rings. The van der Waals surface area contributed by atoms with Gasteiger partial charge in [0, 0.05) is 13.1 Å². The summed E-state index contributed by atoms with van der Waals surface area (Å²) >= 11 is 1.69. The highest BCUT2D eigenvalue weighted by Gasteiger charge is 2.07. The molecule has 1 aromatic carbocycles. The summed E-state index contributed by atoms with van der Waals surface area (Å²) in [5.74, 6) is 0. The van der Waals surface area contributed by atoms with E-state index in [2.05, 4.69) is 29.1 Å². The Hall–Kier alpha value is -1.67. The van der Waals surface area contributed by atoms with E-state index in [1.54, 1.807) is 35.6 Å². The van der Waals surface area contributed by atoms with Crippen molar-refractivity contribution in [1.82, 2.24) is 5.32 Å². The van der Waals surface area contributed by atoms with Crippen LogP contribution in [0.5, 0.6) is 0 Å². The topological polar surface area (TPSA) is 56.0 Å². The number of nitriles is 1.